The normalized spacial score (nSPS) is 21.5. The molecule has 0 aromatic heterocycles. The van der Waals surface area contributed by atoms with Crippen LogP contribution in [0.3, 0.4) is 0 Å². The van der Waals surface area contributed by atoms with Crippen molar-refractivity contribution in [3.05, 3.63) is 0 Å². The van der Waals surface area contributed by atoms with Crippen molar-refractivity contribution in [2.45, 2.75) is 39.2 Å². The summed E-state index contributed by atoms with van der Waals surface area (Å²) in [5.41, 5.74) is 0. The minimum atomic E-state index is 0.108. The molecule has 0 radical (unpaired) electrons. The highest BCUT2D eigenvalue weighted by Crippen LogP contribution is 2.08. The van der Waals surface area contributed by atoms with E-state index in [-0.39, 0.29) is 12.0 Å². The molecule has 0 aromatic rings. The van der Waals surface area contributed by atoms with Gasteiger partial charge in [0.1, 0.15) is 0 Å². The van der Waals surface area contributed by atoms with E-state index in [2.05, 4.69) is 11.8 Å². The number of nitrogens with zero attached hydrogens (tertiary/aromatic N) is 2. The van der Waals surface area contributed by atoms with Gasteiger partial charge in [0.2, 0.25) is 5.91 Å². The van der Waals surface area contributed by atoms with Crippen LogP contribution >= 0.6 is 0 Å². The Morgan fingerprint density at radius 3 is 2.88 bits per heavy atom. The molecule has 1 fully saturated rings. The minimum absolute atomic E-state index is 0.108. The van der Waals surface area contributed by atoms with Crippen molar-refractivity contribution in [3.63, 3.8) is 0 Å². The molecule has 4 heteroatoms. The number of hydrogen-bond acceptors (Lipinski definition) is 3. The number of rotatable bonds is 6. The van der Waals surface area contributed by atoms with E-state index >= 15 is 0 Å². The summed E-state index contributed by atoms with van der Waals surface area (Å²) in [6.45, 7) is 8.48. The molecule has 0 aromatic carbocycles. The molecular weight excluding hydrogens is 216 g/mol. The van der Waals surface area contributed by atoms with Gasteiger partial charge >= 0.3 is 0 Å². The van der Waals surface area contributed by atoms with Crippen LogP contribution in [0.2, 0.25) is 0 Å². The summed E-state index contributed by atoms with van der Waals surface area (Å²) in [6, 6.07) is 0. The number of ether oxygens (including phenoxy) is 1. The molecule has 1 saturated heterocycles. The number of hydrogen-bond donors (Lipinski definition) is 0. The van der Waals surface area contributed by atoms with Crippen LogP contribution in [0.5, 0.6) is 0 Å². The van der Waals surface area contributed by atoms with E-state index in [0.717, 1.165) is 26.2 Å². The second kappa shape index (κ2) is 7.67. The fourth-order valence-corrected chi connectivity index (χ4v) is 2.11. The van der Waals surface area contributed by atoms with Gasteiger partial charge in [-0.05, 0) is 13.0 Å². The fraction of sp³-hybridized carbons (Fsp3) is 0.923. The lowest BCUT2D eigenvalue weighted by molar-refractivity contribution is -0.130. The molecule has 0 bridgehead atoms. The van der Waals surface area contributed by atoms with Gasteiger partial charge in [-0.15, -0.1) is 0 Å². The Kier molecular flexibility index (Phi) is 6.52. The second-order valence-corrected chi connectivity index (χ2v) is 4.90. The topological polar surface area (TPSA) is 32.8 Å². The average molecular weight is 242 g/mol. The molecule has 1 rings (SSSR count). The predicted molar refractivity (Wildman–Crippen MR) is 69.0 cm³/mol. The Labute approximate surface area is 105 Å². The van der Waals surface area contributed by atoms with Crippen molar-refractivity contribution in [1.29, 1.82) is 0 Å². The average Bonchev–Trinajstić information content (AvgIpc) is 2.30. The molecule has 0 unspecified atom stereocenters. The maximum absolute atomic E-state index is 11.2. The first kappa shape index (κ1) is 14.5. The number of carbonyl (C=O) groups is 1. The highest BCUT2D eigenvalue weighted by Gasteiger charge is 2.21. The van der Waals surface area contributed by atoms with Crippen LogP contribution in [-0.4, -0.2) is 61.6 Å². The van der Waals surface area contributed by atoms with Gasteiger partial charge in [-0.3, -0.25) is 9.69 Å². The highest BCUT2D eigenvalue weighted by atomic mass is 16.5. The van der Waals surface area contributed by atoms with Gasteiger partial charge in [-0.2, -0.15) is 0 Å². The van der Waals surface area contributed by atoms with Gasteiger partial charge in [0.25, 0.3) is 0 Å². The van der Waals surface area contributed by atoms with E-state index in [9.17, 15) is 4.79 Å². The number of likely N-dealkylation sites (N-methyl/N-ethyl adjacent to an activating group) is 1. The first-order chi connectivity index (χ1) is 8.13. The lowest BCUT2D eigenvalue weighted by Gasteiger charge is -2.34. The maximum Gasteiger partial charge on any atom is 0.219 e. The molecule has 0 saturated carbocycles. The molecular formula is C13H26N2O2. The molecule has 1 amide bonds. The maximum atomic E-state index is 11.2. The van der Waals surface area contributed by atoms with Crippen molar-refractivity contribution >= 4 is 5.91 Å². The summed E-state index contributed by atoms with van der Waals surface area (Å²) in [6.07, 6.45) is 4.02. The summed E-state index contributed by atoms with van der Waals surface area (Å²) >= 11 is 0. The minimum Gasteiger partial charge on any atom is -0.374 e. The Hall–Kier alpha value is -0.610. The second-order valence-electron chi connectivity index (χ2n) is 4.90. The van der Waals surface area contributed by atoms with Gasteiger partial charge in [-0.1, -0.05) is 19.8 Å². The summed E-state index contributed by atoms with van der Waals surface area (Å²) in [5.74, 6) is 0.108. The monoisotopic (exact) mass is 242 g/mol. The van der Waals surface area contributed by atoms with E-state index in [1.165, 1.54) is 19.3 Å². The van der Waals surface area contributed by atoms with Crippen LogP contribution in [0.25, 0.3) is 0 Å². The largest absolute Gasteiger partial charge is 0.374 e. The molecule has 4 nitrogen and oxygen atoms in total. The van der Waals surface area contributed by atoms with Crippen LogP contribution in [-0.2, 0) is 9.53 Å². The molecule has 17 heavy (non-hydrogen) atoms. The number of carbonyl (C=O) groups excluding carboxylic acids is 1. The van der Waals surface area contributed by atoms with Crippen molar-refractivity contribution in [2.24, 2.45) is 0 Å². The molecule has 1 heterocycles. The van der Waals surface area contributed by atoms with Gasteiger partial charge in [0.05, 0.1) is 12.7 Å². The van der Waals surface area contributed by atoms with E-state index in [1.54, 1.807) is 11.8 Å². The third-order valence-electron chi connectivity index (χ3n) is 3.32. The zero-order valence-electron chi connectivity index (χ0n) is 11.4. The first-order valence-electron chi connectivity index (χ1n) is 6.69. The summed E-state index contributed by atoms with van der Waals surface area (Å²) in [7, 11) is 1.84. The van der Waals surface area contributed by atoms with Crippen LogP contribution in [0.15, 0.2) is 0 Å². The Bertz CT molecular complexity index is 233. The van der Waals surface area contributed by atoms with Crippen molar-refractivity contribution in [2.75, 3.05) is 39.8 Å². The first-order valence-corrected chi connectivity index (χ1v) is 6.69. The van der Waals surface area contributed by atoms with Gasteiger partial charge in [0.15, 0.2) is 0 Å². The van der Waals surface area contributed by atoms with Crippen LogP contribution < -0.4 is 0 Å². The Morgan fingerprint density at radius 1 is 1.47 bits per heavy atom. The lowest BCUT2D eigenvalue weighted by Crippen LogP contribution is -2.47. The molecule has 1 aliphatic heterocycles. The quantitative estimate of drug-likeness (QED) is 0.659. The predicted octanol–water partition coefficient (Wildman–Crippen LogP) is 1.36. The van der Waals surface area contributed by atoms with Gasteiger partial charge < -0.3 is 9.64 Å². The van der Waals surface area contributed by atoms with Gasteiger partial charge in [0, 0.05) is 33.6 Å². The standard InChI is InChI=1S/C13H26N2O2/c1-4-5-6-7-15-8-9-17-13(11-15)10-14(3)12(2)16/h13H,4-11H2,1-3H3/t13-/m0/s1. The van der Waals surface area contributed by atoms with E-state index in [4.69, 9.17) is 4.74 Å². The number of unbranched alkanes of at least 4 members (excludes halogenated alkanes) is 2. The van der Waals surface area contributed by atoms with Gasteiger partial charge in [-0.25, -0.2) is 0 Å². The van der Waals surface area contributed by atoms with Crippen molar-refractivity contribution < 1.29 is 9.53 Å². The fourth-order valence-electron chi connectivity index (χ4n) is 2.11. The van der Waals surface area contributed by atoms with E-state index in [1.807, 2.05) is 7.05 Å². The summed E-state index contributed by atoms with van der Waals surface area (Å²) in [4.78, 5) is 15.4. The zero-order chi connectivity index (χ0) is 12.7. The van der Waals surface area contributed by atoms with Crippen LogP contribution in [0.1, 0.15) is 33.1 Å². The van der Waals surface area contributed by atoms with E-state index in [0.29, 0.717) is 6.54 Å². The summed E-state index contributed by atoms with van der Waals surface area (Å²) in [5, 5.41) is 0. The van der Waals surface area contributed by atoms with Crippen LogP contribution in [0.4, 0.5) is 0 Å². The summed E-state index contributed by atoms with van der Waals surface area (Å²) < 4.78 is 5.70. The third kappa shape index (κ3) is 5.50. The molecule has 0 N–H and O–H groups in total. The Balaban J connectivity index is 2.25. The molecule has 1 atom stereocenters. The number of morpholine rings is 1. The van der Waals surface area contributed by atoms with E-state index < -0.39 is 0 Å². The lowest BCUT2D eigenvalue weighted by atomic mass is 10.2. The SMILES string of the molecule is CCCCCN1CCO[C@@H](CN(C)C(C)=O)C1. The van der Waals surface area contributed by atoms with Crippen molar-refractivity contribution in [3.8, 4) is 0 Å². The third-order valence-corrected chi connectivity index (χ3v) is 3.32. The van der Waals surface area contributed by atoms with Crippen LogP contribution in [0, 0.1) is 0 Å². The zero-order valence-corrected chi connectivity index (χ0v) is 11.4. The highest BCUT2D eigenvalue weighted by molar-refractivity contribution is 5.72. The number of amides is 1. The molecule has 100 valence electrons. The molecule has 1 aliphatic rings. The molecule has 0 spiro atoms. The smallest absolute Gasteiger partial charge is 0.219 e. The molecule has 0 aliphatic carbocycles. The van der Waals surface area contributed by atoms with Crippen molar-refractivity contribution in [1.82, 2.24) is 9.80 Å². The Morgan fingerprint density at radius 2 is 2.24 bits per heavy atom.